The minimum atomic E-state index is 0.613. The van der Waals surface area contributed by atoms with E-state index in [4.69, 9.17) is 0 Å². The molecule has 1 atom stereocenters. The van der Waals surface area contributed by atoms with Crippen molar-refractivity contribution in [2.24, 2.45) is 0 Å². The van der Waals surface area contributed by atoms with Crippen molar-refractivity contribution in [2.45, 2.75) is 61.6 Å². The molecule has 1 aliphatic carbocycles. The average Bonchev–Trinajstić information content (AvgIpc) is 2.73. The molecule has 17 heavy (non-hydrogen) atoms. The highest BCUT2D eigenvalue weighted by atomic mass is 32.2. The monoisotopic (exact) mass is 270 g/mol. The number of thioether (sulfide) groups is 1. The van der Waals surface area contributed by atoms with Gasteiger partial charge in [0.1, 0.15) is 4.34 Å². The molecule has 1 unspecified atom stereocenters. The van der Waals surface area contributed by atoms with Gasteiger partial charge in [-0.15, -0.1) is 11.3 Å². The third-order valence-corrected chi connectivity index (χ3v) is 5.39. The van der Waals surface area contributed by atoms with E-state index in [9.17, 15) is 0 Å². The molecule has 96 valence electrons. The highest BCUT2D eigenvalue weighted by Gasteiger charge is 2.14. The molecule has 0 amide bonds. The van der Waals surface area contributed by atoms with Crippen LogP contribution in [0.15, 0.2) is 9.72 Å². The molecular formula is C13H22N2S2. The largest absolute Gasteiger partial charge is 0.313 e. The van der Waals surface area contributed by atoms with E-state index in [0.717, 1.165) is 18.3 Å². The van der Waals surface area contributed by atoms with Crippen LogP contribution < -0.4 is 5.32 Å². The van der Waals surface area contributed by atoms with Gasteiger partial charge in [0.05, 0.1) is 0 Å². The number of aryl methyl sites for hydroxylation is 1. The number of nitrogens with zero attached hydrogens (tertiary/aromatic N) is 1. The molecule has 1 heterocycles. The van der Waals surface area contributed by atoms with Crippen LogP contribution in [0.1, 0.15) is 44.7 Å². The Hall–Kier alpha value is -0.0600. The van der Waals surface area contributed by atoms with Crippen molar-refractivity contribution in [2.75, 3.05) is 6.54 Å². The van der Waals surface area contributed by atoms with E-state index < -0.39 is 0 Å². The van der Waals surface area contributed by atoms with Crippen molar-refractivity contribution in [1.82, 2.24) is 10.3 Å². The van der Waals surface area contributed by atoms with Gasteiger partial charge in [-0.2, -0.15) is 0 Å². The van der Waals surface area contributed by atoms with Crippen LogP contribution in [0.3, 0.4) is 0 Å². The van der Waals surface area contributed by atoms with Gasteiger partial charge in [0, 0.05) is 28.9 Å². The molecular weight excluding hydrogens is 248 g/mol. The molecule has 0 saturated heterocycles. The highest BCUT2D eigenvalue weighted by Crippen LogP contribution is 2.26. The van der Waals surface area contributed by atoms with Crippen LogP contribution in [-0.4, -0.2) is 22.8 Å². The molecule has 1 fully saturated rings. The number of hydrogen-bond acceptors (Lipinski definition) is 4. The van der Waals surface area contributed by atoms with E-state index in [-0.39, 0.29) is 0 Å². The van der Waals surface area contributed by atoms with Gasteiger partial charge in [0.15, 0.2) is 0 Å². The van der Waals surface area contributed by atoms with Gasteiger partial charge >= 0.3 is 0 Å². The first-order chi connectivity index (χ1) is 8.24. The molecule has 1 N–H and O–H groups in total. The second kappa shape index (κ2) is 6.76. The van der Waals surface area contributed by atoms with Crippen molar-refractivity contribution in [1.29, 1.82) is 0 Å². The zero-order valence-electron chi connectivity index (χ0n) is 10.7. The van der Waals surface area contributed by atoms with Gasteiger partial charge in [-0.1, -0.05) is 37.9 Å². The number of thiazole rings is 1. The Kier molecular flexibility index (Phi) is 5.32. The quantitative estimate of drug-likeness (QED) is 0.823. The highest BCUT2D eigenvalue weighted by molar-refractivity contribution is 8.01. The number of aromatic nitrogens is 1. The van der Waals surface area contributed by atoms with Crippen molar-refractivity contribution < 1.29 is 0 Å². The van der Waals surface area contributed by atoms with Crippen molar-refractivity contribution in [3.05, 3.63) is 11.1 Å². The van der Waals surface area contributed by atoms with Crippen LogP contribution in [-0.2, 0) is 0 Å². The van der Waals surface area contributed by atoms with Gasteiger partial charge < -0.3 is 5.32 Å². The van der Waals surface area contributed by atoms with E-state index in [1.165, 1.54) is 36.4 Å². The lowest BCUT2D eigenvalue weighted by molar-refractivity contribution is 0.375. The summed E-state index contributed by atoms with van der Waals surface area (Å²) in [7, 11) is 0. The van der Waals surface area contributed by atoms with Gasteiger partial charge in [0.25, 0.3) is 0 Å². The lowest BCUT2D eigenvalue weighted by atomic mass is 9.95. The summed E-state index contributed by atoms with van der Waals surface area (Å²) in [6.45, 7) is 5.46. The number of nitrogens with one attached hydrogen (secondary N) is 1. The summed E-state index contributed by atoms with van der Waals surface area (Å²) in [6, 6.07) is 0.768. The van der Waals surface area contributed by atoms with Crippen molar-refractivity contribution in [3.63, 3.8) is 0 Å². The van der Waals surface area contributed by atoms with Crippen molar-refractivity contribution >= 4 is 23.1 Å². The average molecular weight is 270 g/mol. The van der Waals surface area contributed by atoms with E-state index in [2.05, 4.69) is 29.5 Å². The molecule has 1 saturated carbocycles. The Bertz CT molecular complexity index is 332. The molecule has 1 aliphatic rings. The minimum absolute atomic E-state index is 0.613. The second-order valence-corrected chi connectivity index (χ2v) is 7.47. The maximum Gasteiger partial charge on any atom is 0.150 e. The summed E-state index contributed by atoms with van der Waals surface area (Å²) in [4.78, 5) is 4.50. The van der Waals surface area contributed by atoms with Gasteiger partial charge in [0.2, 0.25) is 0 Å². The topological polar surface area (TPSA) is 24.9 Å². The summed E-state index contributed by atoms with van der Waals surface area (Å²) in [5, 5.41) is 6.45. The van der Waals surface area contributed by atoms with E-state index >= 15 is 0 Å². The Morgan fingerprint density at radius 3 is 2.88 bits per heavy atom. The fraction of sp³-hybridized carbons (Fsp3) is 0.769. The van der Waals surface area contributed by atoms with E-state index in [1.807, 2.05) is 11.8 Å². The molecule has 0 bridgehead atoms. The Labute approximate surface area is 113 Å². The van der Waals surface area contributed by atoms with Gasteiger partial charge in [-0.3, -0.25) is 0 Å². The molecule has 0 aliphatic heterocycles. The van der Waals surface area contributed by atoms with Crippen LogP contribution >= 0.6 is 23.1 Å². The fourth-order valence-corrected chi connectivity index (χ4v) is 4.34. The third kappa shape index (κ3) is 4.60. The molecule has 1 aromatic heterocycles. The maximum atomic E-state index is 4.50. The Morgan fingerprint density at radius 2 is 2.24 bits per heavy atom. The summed E-state index contributed by atoms with van der Waals surface area (Å²) < 4.78 is 1.21. The number of rotatable bonds is 5. The predicted molar refractivity (Wildman–Crippen MR) is 77.0 cm³/mol. The molecule has 4 heteroatoms. The summed E-state index contributed by atoms with van der Waals surface area (Å²) in [6.07, 6.45) is 6.98. The molecule has 1 aromatic rings. The first kappa shape index (κ1) is 13.4. The Balaban J connectivity index is 1.68. The Morgan fingerprint density at radius 1 is 1.47 bits per heavy atom. The van der Waals surface area contributed by atoms with Crippen LogP contribution in [0.5, 0.6) is 0 Å². The summed E-state index contributed by atoms with van der Waals surface area (Å²) in [5.74, 6) is 0. The van der Waals surface area contributed by atoms with Crippen LogP contribution in [0.25, 0.3) is 0 Å². The zero-order valence-corrected chi connectivity index (χ0v) is 12.4. The van der Waals surface area contributed by atoms with E-state index in [1.54, 1.807) is 11.3 Å². The van der Waals surface area contributed by atoms with Crippen LogP contribution in [0, 0.1) is 6.92 Å². The number of hydrogen-bond donors (Lipinski definition) is 1. The molecule has 2 nitrogen and oxygen atoms in total. The molecule has 0 radical (unpaired) electrons. The summed E-state index contributed by atoms with van der Waals surface area (Å²) in [5.41, 5.74) is 1.14. The lowest BCUT2D eigenvalue weighted by Crippen LogP contribution is -2.35. The van der Waals surface area contributed by atoms with Crippen LogP contribution in [0.2, 0.25) is 0 Å². The van der Waals surface area contributed by atoms with Crippen LogP contribution in [0.4, 0.5) is 0 Å². The normalized spacial score (nSPS) is 19.4. The predicted octanol–water partition coefficient (Wildman–Crippen LogP) is 3.85. The molecule has 0 aromatic carbocycles. The molecule has 2 rings (SSSR count). The first-order valence-corrected chi connectivity index (χ1v) is 8.32. The fourth-order valence-electron chi connectivity index (χ4n) is 2.24. The van der Waals surface area contributed by atoms with Gasteiger partial charge in [-0.05, 0) is 19.8 Å². The smallest absolute Gasteiger partial charge is 0.150 e. The maximum absolute atomic E-state index is 4.50. The SMILES string of the molecule is Cc1csc(SC(C)CNC2CCCCC2)n1. The zero-order chi connectivity index (χ0) is 12.1. The summed E-state index contributed by atoms with van der Waals surface area (Å²) >= 11 is 3.66. The first-order valence-electron chi connectivity index (χ1n) is 6.56. The van der Waals surface area contributed by atoms with Gasteiger partial charge in [-0.25, -0.2) is 4.98 Å². The lowest BCUT2D eigenvalue weighted by Gasteiger charge is -2.24. The standard InChI is InChI=1S/C13H22N2S2/c1-10-9-16-13(15-10)17-11(2)8-14-12-6-4-3-5-7-12/h9,11-12,14H,3-8H2,1-2H3. The van der Waals surface area contributed by atoms with E-state index in [0.29, 0.717) is 5.25 Å². The second-order valence-electron chi connectivity index (χ2n) is 4.93. The third-order valence-electron chi connectivity index (χ3n) is 3.20. The van der Waals surface area contributed by atoms with Crippen molar-refractivity contribution in [3.8, 4) is 0 Å². The minimum Gasteiger partial charge on any atom is -0.313 e. The molecule has 0 spiro atoms.